The van der Waals surface area contributed by atoms with Gasteiger partial charge in [0.25, 0.3) is 0 Å². The van der Waals surface area contributed by atoms with Gasteiger partial charge in [0.15, 0.2) is 0 Å². The fraction of sp³-hybridized carbons (Fsp3) is 0.333. The maximum absolute atomic E-state index is 8.67. The highest BCUT2D eigenvalue weighted by molar-refractivity contribution is 5.15. The highest BCUT2D eigenvalue weighted by Gasteiger charge is 2.07. The molecule has 0 saturated heterocycles. The van der Waals surface area contributed by atoms with Gasteiger partial charge in [-0.15, -0.1) is 0 Å². The van der Waals surface area contributed by atoms with Crippen LogP contribution in [-0.4, -0.2) is 21.7 Å². The second kappa shape index (κ2) is 4.21. The summed E-state index contributed by atoms with van der Waals surface area (Å²) in [6.07, 6.45) is 0.633. The van der Waals surface area contributed by atoms with Crippen LogP contribution in [0.25, 0.3) is 0 Å². The van der Waals surface area contributed by atoms with Gasteiger partial charge in [-0.25, -0.2) is 0 Å². The van der Waals surface area contributed by atoms with E-state index in [1.807, 2.05) is 30.3 Å². The Labute approximate surface area is 71.8 Å². The van der Waals surface area contributed by atoms with Crippen molar-refractivity contribution in [1.29, 1.82) is 0 Å². The van der Waals surface area contributed by atoms with Crippen molar-refractivity contribution in [2.45, 2.75) is 19.4 Å². The molecule has 3 heteroatoms. The molecule has 0 bridgehead atoms. The maximum atomic E-state index is 8.67. The lowest BCUT2D eigenvalue weighted by atomic mass is 10.1. The molecule has 0 aliphatic heterocycles. The van der Waals surface area contributed by atoms with Crippen molar-refractivity contribution < 1.29 is 10.4 Å². The smallest absolute Gasteiger partial charge is 0.0635 e. The van der Waals surface area contributed by atoms with E-state index in [9.17, 15) is 0 Å². The molecule has 0 aliphatic rings. The van der Waals surface area contributed by atoms with Crippen molar-refractivity contribution in [2.24, 2.45) is 0 Å². The second-order valence-electron chi connectivity index (χ2n) is 2.86. The van der Waals surface area contributed by atoms with Crippen molar-refractivity contribution in [3.8, 4) is 0 Å². The second-order valence-corrected chi connectivity index (χ2v) is 2.86. The summed E-state index contributed by atoms with van der Waals surface area (Å²) < 4.78 is 0. The standard InChI is InChI=1S/C9H13NO2/c1-8(10(11)12)7-9-5-3-2-4-6-9/h2-6,8,11-12H,7H2,1H3. The zero-order valence-corrected chi connectivity index (χ0v) is 7.01. The summed E-state index contributed by atoms with van der Waals surface area (Å²) in [5.74, 6) is 0. The van der Waals surface area contributed by atoms with E-state index in [0.29, 0.717) is 6.42 Å². The fourth-order valence-corrected chi connectivity index (χ4v) is 1.04. The molecule has 0 aliphatic carbocycles. The van der Waals surface area contributed by atoms with Gasteiger partial charge in [0.2, 0.25) is 0 Å². The Kier molecular flexibility index (Phi) is 3.22. The monoisotopic (exact) mass is 167 g/mol. The molecule has 0 radical (unpaired) electrons. The van der Waals surface area contributed by atoms with Crippen molar-refractivity contribution >= 4 is 0 Å². The molecule has 1 unspecified atom stereocenters. The van der Waals surface area contributed by atoms with Gasteiger partial charge in [0.05, 0.1) is 6.04 Å². The average molecular weight is 167 g/mol. The Hall–Kier alpha value is -0.900. The van der Waals surface area contributed by atoms with Gasteiger partial charge in [-0.2, -0.15) is 0 Å². The van der Waals surface area contributed by atoms with Crippen LogP contribution in [0.4, 0.5) is 0 Å². The molecule has 0 amide bonds. The van der Waals surface area contributed by atoms with E-state index < -0.39 is 0 Å². The van der Waals surface area contributed by atoms with Crippen LogP contribution >= 0.6 is 0 Å². The lowest BCUT2D eigenvalue weighted by Crippen LogP contribution is -2.27. The number of benzene rings is 1. The number of hydrogen-bond donors (Lipinski definition) is 2. The minimum Gasteiger partial charge on any atom is -0.289 e. The highest BCUT2D eigenvalue weighted by Crippen LogP contribution is 2.04. The highest BCUT2D eigenvalue weighted by atomic mass is 16.8. The summed E-state index contributed by atoms with van der Waals surface area (Å²) in [7, 11) is 0. The van der Waals surface area contributed by atoms with Crippen LogP contribution in [-0.2, 0) is 6.42 Å². The van der Waals surface area contributed by atoms with E-state index in [-0.39, 0.29) is 11.3 Å². The van der Waals surface area contributed by atoms with Crippen LogP contribution in [0.3, 0.4) is 0 Å². The van der Waals surface area contributed by atoms with E-state index in [1.54, 1.807) is 6.92 Å². The Bertz CT molecular complexity index is 223. The van der Waals surface area contributed by atoms with E-state index in [4.69, 9.17) is 10.4 Å². The molecule has 0 spiro atoms. The summed E-state index contributed by atoms with van der Waals surface area (Å²) in [6, 6.07) is 9.44. The molecule has 1 aromatic carbocycles. The molecule has 0 fully saturated rings. The van der Waals surface area contributed by atoms with Crippen LogP contribution in [0.1, 0.15) is 12.5 Å². The molecule has 0 saturated carbocycles. The first-order valence-corrected chi connectivity index (χ1v) is 3.91. The minimum atomic E-state index is -0.271. The quantitative estimate of drug-likeness (QED) is 0.673. The van der Waals surface area contributed by atoms with E-state index in [1.165, 1.54) is 0 Å². The van der Waals surface area contributed by atoms with Crippen LogP contribution in [0.5, 0.6) is 0 Å². The SMILES string of the molecule is CC(Cc1ccccc1)N(O)O. The molecule has 0 heterocycles. The lowest BCUT2D eigenvalue weighted by Gasteiger charge is -2.15. The van der Waals surface area contributed by atoms with Crippen molar-refractivity contribution in [2.75, 3.05) is 0 Å². The van der Waals surface area contributed by atoms with Gasteiger partial charge in [-0.05, 0) is 18.9 Å². The first-order chi connectivity index (χ1) is 5.70. The van der Waals surface area contributed by atoms with E-state index >= 15 is 0 Å². The van der Waals surface area contributed by atoms with Gasteiger partial charge >= 0.3 is 0 Å². The average Bonchev–Trinajstić information content (AvgIpc) is 2.06. The van der Waals surface area contributed by atoms with Gasteiger partial charge in [0, 0.05) is 0 Å². The zero-order chi connectivity index (χ0) is 8.97. The molecule has 1 rings (SSSR count). The first kappa shape index (κ1) is 9.19. The number of rotatable bonds is 3. The number of hydroxylamine groups is 2. The predicted octanol–water partition coefficient (Wildman–Crippen LogP) is 1.70. The fourth-order valence-electron chi connectivity index (χ4n) is 1.04. The topological polar surface area (TPSA) is 43.7 Å². The maximum Gasteiger partial charge on any atom is 0.0635 e. The Morgan fingerprint density at radius 3 is 2.33 bits per heavy atom. The largest absolute Gasteiger partial charge is 0.289 e. The van der Waals surface area contributed by atoms with Crippen molar-refractivity contribution in [3.05, 3.63) is 35.9 Å². The van der Waals surface area contributed by atoms with Gasteiger partial charge < -0.3 is 0 Å². The number of nitrogens with zero attached hydrogens (tertiary/aromatic N) is 1. The summed E-state index contributed by atoms with van der Waals surface area (Å²) in [5, 5.41) is 17.6. The summed E-state index contributed by atoms with van der Waals surface area (Å²) in [4.78, 5) is 0. The third kappa shape index (κ3) is 2.62. The van der Waals surface area contributed by atoms with E-state index in [0.717, 1.165) is 5.56 Å². The molecule has 1 aromatic rings. The van der Waals surface area contributed by atoms with Crippen LogP contribution in [0.15, 0.2) is 30.3 Å². The summed E-state index contributed by atoms with van der Waals surface area (Å²) in [6.45, 7) is 1.74. The van der Waals surface area contributed by atoms with Crippen LogP contribution < -0.4 is 0 Å². The normalized spacial score (nSPS) is 13.3. The molecular formula is C9H13NO2. The van der Waals surface area contributed by atoms with Gasteiger partial charge in [-0.3, -0.25) is 10.4 Å². The molecule has 66 valence electrons. The van der Waals surface area contributed by atoms with Crippen LogP contribution in [0.2, 0.25) is 0 Å². The first-order valence-electron chi connectivity index (χ1n) is 3.91. The molecule has 12 heavy (non-hydrogen) atoms. The van der Waals surface area contributed by atoms with Gasteiger partial charge in [-0.1, -0.05) is 35.6 Å². The Morgan fingerprint density at radius 2 is 1.83 bits per heavy atom. The van der Waals surface area contributed by atoms with Crippen molar-refractivity contribution in [1.82, 2.24) is 5.23 Å². The zero-order valence-electron chi connectivity index (χ0n) is 7.01. The third-order valence-corrected chi connectivity index (χ3v) is 1.77. The molecule has 1 atom stereocenters. The number of hydrogen-bond acceptors (Lipinski definition) is 3. The van der Waals surface area contributed by atoms with Crippen molar-refractivity contribution in [3.63, 3.8) is 0 Å². The molecule has 3 nitrogen and oxygen atoms in total. The van der Waals surface area contributed by atoms with E-state index in [2.05, 4.69) is 0 Å². The summed E-state index contributed by atoms with van der Waals surface area (Å²) >= 11 is 0. The Balaban J connectivity index is 2.53. The summed E-state index contributed by atoms with van der Waals surface area (Å²) in [5.41, 5.74) is 1.10. The molecule has 2 N–H and O–H groups in total. The van der Waals surface area contributed by atoms with Gasteiger partial charge in [0.1, 0.15) is 0 Å². The molecule has 0 aromatic heterocycles. The van der Waals surface area contributed by atoms with Crippen LogP contribution in [0, 0.1) is 0 Å². The predicted molar refractivity (Wildman–Crippen MR) is 45.0 cm³/mol. The minimum absolute atomic E-state index is 0.243. The Morgan fingerprint density at radius 1 is 1.25 bits per heavy atom. The third-order valence-electron chi connectivity index (χ3n) is 1.77. The lowest BCUT2D eigenvalue weighted by molar-refractivity contribution is -0.328. The molecular weight excluding hydrogens is 154 g/mol.